The van der Waals surface area contributed by atoms with Gasteiger partial charge in [0.15, 0.2) is 0 Å². The van der Waals surface area contributed by atoms with Crippen molar-refractivity contribution in [3.05, 3.63) is 35.2 Å². The predicted molar refractivity (Wildman–Crippen MR) is 92.0 cm³/mol. The molecule has 2 heterocycles. The number of nitrogens with zero attached hydrogens (tertiary/aromatic N) is 2. The maximum atomic E-state index is 6.45. The Labute approximate surface area is 131 Å². The molecule has 1 fully saturated rings. The summed E-state index contributed by atoms with van der Waals surface area (Å²) in [7, 11) is 4.43. The molecule has 2 aromatic rings. The molecule has 0 amide bonds. The Morgan fingerprint density at radius 1 is 1.29 bits per heavy atom. The third-order valence-electron chi connectivity index (χ3n) is 4.60. The summed E-state index contributed by atoms with van der Waals surface area (Å²) in [5.41, 5.74) is 7.87. The molecule has 0 spiro atoms. The lowest BCUT2D eigenvalue weighted by atomic mass is 9.98. The number of hydrogen-bond donors (Lipinski definition) is 1. The van der Waals surface area contributed by atoms with Gasteiger partial charge >= 0.3 is 0 Å². The molecule has 1 aliphatic heterocycles. The van der Waals surface area contributed by atoms with Gasteiger partial charge in [0, 0.05) is 36.4 Å². The van der Waals surface area contributed by atoms with Crippen LogP contribution in [0.1, 0.15) is 12.0 Å². The van der Waals surface area contributed by atoms with Gasteiger partial charge in [-0.25, -0.2) is 0 Å². The van der Waals surface area contributed by atoms with E-state index in [9.17, 15) is 0 Å². The maximum absolute atomic E-state index is 6.45. The van der Waals surface area contributed by atoms with E-state index in [2.05, 4.69) is 53.5 Å². The minimum absolute atomic E-state index is 0.238. The normalized spacial score (nSPS) is 22.7. The van der Waals surface area contributed by atoms with Crippen LogP contribution in [0.25, 0.3) is 10.1 Å². The first-order chi connectivity index (χ1) is 10.1. The first-order valence-electron chi connectivity index (χ1n) is 7.73. The fraction of sp³-hybridized carbons (Fsp3) is 0.529. The monoisotopic (exact) mass is 303 g/mol. The average Bonchev–Trinajstić information content (AvgIpc) is 2.86. The summed E-state index contributed by atoms with van der Waals surface area (Å²) in [6.45, 7) is 3.45. The predicted octanol–water partition coefficient (Wildman–Crippen LogP) is 2.41. The minimum atomic E-state index is 0.238. The third kappa shape index (κ3) is 3.46. The minimum Gasteiger partial charge on any atom is -0.327 e. The summed E-state index contributed by atoms with van der Waals surface area (Å²) in [4.78, 5) is 4.88. The molecule has 1 saturated heterocycles. The second kappa shape index (κ2) is 6.44. The molecule has 0 aliphatic carbocycles. The molecule has 1 aliphatic rings. The number of rotatable bonds is 4. The van der Waals surface area contributed by atoms with Crippen molar-refractivity contribution in [2.24, 2.45) is 5.73 Å². The highest BCUT2D eigenvalue weighted by Gasteiger charge is 2.24. The summed E-state index contributed by atoms with van der Waals surface area (Å²) >= 11 is 1.83. The van der Waals surface area contributed by atoms with Crippen LogP contribution in [0.2, 0.25) is 0 Å². The van der Waals surface area contributed by atoms with Gasteiger partial charge in [-0.3, -0.25) is 0 Å². The van der Waals surface area contributed by atoms with E-state index in [0.717, 1.165) is 32.5 Å². The fourth-order valence-corrected chi connectivity index (χ4v) is 4.24. The highest BCUT2D eigenvalue weighted by molar-refractivity contribution is 7.17. The molecule has 0 radical (unpaired) electrons. The molecule has 0 bridgehead atoms. The van der Waals surface area contributed by atoms with Crippen LogP contribution < -0.4 is 5.73 Å². The Balaban J connectivity index is 1.64. The Hall–Kier alpha value is -0.940. The van der Waals surface area contributed by atoms with Gasteiger partial charge < -0.3 is 15.5 Å². The zero-order valence-electron chi connectivity index (χ0n) is 13.0. The van der Waals surface area contributed by atoms with E-state index in [1.165, 1.54) is 15.6 Å². The van der Waals surface area contributed by atoms with Crippen LogP contribution in [0.5, 0.6) is 0 Å². The van der Waals surface area contributed by atoms with Crippen LogP contribution in [0, 0.1) is 0 Å². The molecular formula is C17H25N3S. The first kappa shape index (κ1) is 15.0. The topological polar surface area (TPSA) is 32.5 Å². The van der Waals surface area contributed by atoms with E-state index in [1.54, 1.807) is 0 Å². The molecule has 114 valence electrons. The number of nitrogens with two attached hydrogens (primary N) is 1. The van der Waals surface area contributed by atoms with Gasteiger partial charge in [-0.05, 0) is 49.3 Å². The second-order valence-electron chi connectivity index (χ2n) is 6.35. The third-order valence-corrected chi connectivity index (χ3v) is 5.61. The Kier molecular flexibility index (Phi) is 4.60. The highest BCUT2D eigenvalue weighted by Crippen LogP contribution is 2.27. The fourth-order valence-electron chi connectivity index (χ4n) is 3.26. The van der Waals surface area contributed by atoms with Gasteiger partial charge in [-0.1, -0.05) is 18.2 Å². The van der Waals surface area contributed by atoms with Gasteiger partial charge in [0.25, 0.3) is 0 Å². The molecule has 2 N–H and O–H groups in total. The van der Waals surface area contributed by atoms with Crippen LogP contribution in [-0.2, 0) is 6.42 Å². The summed E-state index contributed by atoms with van der Waals surface area (Å²) in [5.74, 6) is 0. The summed E-state index contributed by atoms with van der Waals surface area (Å²) in [6.07, 6.45) is 2.06. The lowest BCUT2D eigenvalue weighted by molar-refractivity contribution is 0.104. The van der Waals surface area contributed by atoms with E-state index in [1.807, 2.05) is 11.3 Å². The SMILES string of the molecule is CN1CCN(C)C(CC(N)Cc2csc3ccccc23)C1. The van der Waals surface area contributed by atoms with Crippen LogP contribution in [0.3, 0.4) is 0 Å². The van der Waals surface area contributed by atoms with Crippen LogP contribution in [-0.4, -0.2) is 55.6 Å². The molecule has 3 rings (SSSR count). The van der Waals surface area contributed by atoms with E-state index in [4.69, 9.17) is 5.73 Å². The molecule has 2 unspecified atom stereocenters. The Morgan fingerprint density at radius 3 is 2.95 bits per heavy atom. The number of likely N-dealkylation sites (N-methyl/N-ethyl adjacent to an activating group) is 2. The van der Waals surface area contributed by atoms with E-state index in [0.29, 0.717) is 6.04 Å². The van der Waals surface area contributed by atoms with Crippen molar-refractivity contribution in [1.29, 1.82) is 0 Å². The van der Waals surface area contributed by atoms with Gasteiger partial charge in [0.05, 0.1) is 0 Å². The smallest absolute Gasteiger partial charge is 0.0345 e. The zero-order valence-corrected chi connectivity index (χ0v) is 13.8. The van der Waals surface area contributed by atoms with E-state index < -0.39 is 0 Å². The summed E-state index contributed by atoms with van der Waals surface area (Å²) in [6, 6.07) is 9.46. The molecule has 0 saturated carbocycles. The largest absolute Gasteiger partial charge is 0.327 e. The van der Waals surface area contributed by atoms with E-state index >= 15 is 0 Å². The van der Waals surface area contributed by atoms with Crippen LogP contribution in [0.15, 0.2) is 29.6 Å². The van der Waals surface area contributed by atoms with Gasteiger partial charge in [-0.2, -0.15) is 0 Å². The first-order valence-corrected chi connectivity index (χ1v) is 8.61. The van der Waals surface area contributed by atoms with Crippen molar-refractivity contribution in [1.82, 2.24) is 9.80 Å². The second-order valence-corrected chi connectivity index (χ2v) is 7.26. The number of hydrogen-bond acceptors (Lipinski definition) is 4. The summed E-state index contributed by atoms with van der Waals surface area (Å²) < 4.78 is 1.37. The molecule has 2 atom stereocenters. The number of thiophene rings is 1. The lowest BCUT2D eigenvalue weighted by Gasteiger charge is -2.38. The van der Waals surface area contributed by atoms with Gasteiger partial charge in [0.1, 0.15) is 0 Å². The van der Waals surface area contributed by atoms with E-state index in [-0.39, 0.29) is 6.04 Å². The van der Waals surface area contributed by atoms with Crippen molar-refractivity contribution >= 4 is 21.4 Å². The number of benzene rings is 1. The average molecular weight is 303 g/mol. The van der Waals surface area contributed by atoms with Crippen molar-refractivity contribution < 1.29 is 0 Å². The molecule has 1 aromatic carbocycles. The Bertz CT molecular complexity index is 594. The van der Waals surface area contributed by atoms with Crippen molar-refractivity contribution in [3.63, 3.8) is 0 Å². The maximum Gasteiger partial charge on any atom is 0.0345 e. The molecular weight excluding hydrogens is 278 g/mol. The molecule has 4 heteroatoms. The lowest BCUT2D eigenvalue weighted by Crippen LogP contribution is -2.51. The van der Waals surface area contributed by atoms with Crippen molar-refractivity contribution in [3.8, 4) is 0 Å². The number of piperazine rings is 1. The highest BCUT2D eigenvalue weighted by atomic mass is 32.1. The van der Waals surface area contributed by atoms with Crippen LogP contribution in [0.4, 0.5) is 0 Å². The Morgan fingerprint density at radius 2 is 2.10 bits per heavy atom. The van der Waals surface area contributed by atoms with Crippen molar-refractivity contribution in [2.75, 3.05) is 33.7 Å². The molecule has 21 heavy (non-hydrogen) atoms. The van der Waals surface area contributed by atoms with Crippen molar-refractivity contribution in [2.45, 2.75) is 24.9 Å². The van der Waals surface area contributed by atoms with Crippen LogP contribution >= 0.6 is 11.3 Å². The standard InChI is InChI=1S/C17H25N3S/c1-19-7-8-20(2)15(11-19)10-14(18)9-13-12-21-17-6-4-3-5-16(13)17/h3-6,12,14-15H,7-11,18H2,1-2H3. The summed E-state index contributed by atoms with van der Waals surface area (Å²) in [5, 5.41) is 3.66. The van der Waals surface area contributed by atoms with Gasteiger partial charge in [-0.15, -0.1) is 11.3 Å². The van der Waals surface area contributed by atoms with Gasteiger partial charge in [0.2, 0.25) is 0 Å². The molecule has 3 nitrogen and oxygen atoms in total. The molecule has 1 aromatic heterocycles. The number of fused-ring (bicyclic) bond motifs is 1. The zero-order chi connectivity index (χ0) is 14.8. The quantitative estimate of drug-likeness (QED) is 0.941.